The first kappa shape index (κ1) is 15.8. The quantitative estimate of drug-likeness (QED) is 0.829. The van der Waals surface area contributed by atoms with E-state index < -0.39 is 15.8 Å². The fourth-order valence-corrected chi connectivity index (χ4v) is 3.36. The monoisotopic (exact) mass is 314 g/mol. The third-order valence-corrected chi connectivity index (χ3v) is 4.68. The number of hydrogen-bond acceptors (Lipinski definition) is 3. The summed E-state index contributed by atoms with van der Waals surface area (Å²) in [4.78, 5) is 13.7. The van der Waals surface area contributed by atoms with Gasteiger partial charge in [-0.15, -0.1) is 0 Å². The third kappa shape index (κ3) is 4.17. The fraction of sp³-hybridized carbons (Fsp3) is 0.500. The molecule has 0 atom stereocenters. The zero-order chi connectivity index (χ0) is 15.5. The molecular formula is C14H19FN2O3S. The zero-order valence-corrected chi connectivity index (χ0v) is 12.8. The van der Waals surface area contributed by atoms with Crippen molar-refractivity contribution < 1.29 is 17.6 Å². The van der Waals surface area contributed by atoms with Crippen LogP contribution in [0, 0.1) is 5.82 Å². The van der Waals surface area contributed by atoms with Gasteiger partial charge in [0.05, 0.1) is 11.9 Å². The number of anilines is 1. The molecule has 1 aromatic carbocycles. The van der Waals surface area contributed by atoms with Crippen LogP contribution in [0.1, 0.15) is 19.3 Å². The Balaban J connectivity index is 2.09. The molecule has 0 bridgehead atoms. The van der Waals surface area contributed by atoms with Crippen LogP contribution in [-0.2, 0) is 14.8 Å². The van der Waals surface area contributed by atoms with Crippen molar-refractivity contribution in [2.75, 3.05) is 30.2 Å². The normalized spacial score (nSPS) is 15.2. The van der Waals surface area contributed by atoms with E-state index in [1.54, 1.807) is 4.90 Å². The molecule has 0 N–H and O–H groups in total. The Bertz CT molecular complexity index is 612. The van der Waals surface area contributed by atoms with Crippen molar-refractivity contribution in [3.05, 3.63) is 30.1 Å². The average Bonchev–Trinajstić information content (AvgIpc) is 2.91. The predicted molar refractivity (Wildman–Crippen MR) is 79.0 cm³/mol. The Morgan fingerprint density at radius 3 is 2.57 bits per heavy atom. The summed E-state index contributed by atoms with van der Waals surface area (Å²) in [6.07, 6.45) is 3.14. The number of sulfonamides is 1. The Morgan fingerprint density at radius 1 is 1.33 bits per heavy atom. The molecular weight excluding hydrogens is 295 g/mol. The molecule has 2 rings (SSSR count). The molecule has 0 aliphatic carbocycles. The van der Waals surface area contributed by atoms with Crippen molar-refractivity contribution in [3.63, 3.8) is 0 Å². The lowest BCUT2D eigenvalue weighted by Crippen LogP contribution is -2.35. The smallest absolute Gasteiger partial charge is 0.232 e. The van der Waals surface area contributed by atoms with Crippen LogP contribution >= 0.6 is 0 Å². The van der Waals surface area contributed by atoms with E-state index in [4.69, 9.17) is 0 Å². The summed E-state index contributed by atoms with van der Waals surface area (Å²) >= 11 is 0. The molecule has 1 heterocycles. The summed E-state index contributed by atoms with van der Waals surface area (Å²) in [5.41, 5.74) is 0.242. The summed E-state index contributed by atoms with van der Waals surface area (Å²) < 4.78 is 38.0. The topological polar surface area (TPSA) is 57.7 Å². The molecule has 0 spiro atoms. The highest BCUT2D eigenvalue weighted by Crippen LogP contribution is 2.19. The largest absolute Gasteiger partial charge is 0.343 e. The minimum atomic E-state index is -3.56. The molecule has 116 valence electrons. The molecule has 1 fully saturated rings. The van der Waals surface area contributed by atoms with Crippen molar-refractivity contribution >= 4 is 21.6 Å². The highest BCUT2D eigenvalue weighted by molar-refractivity contribution is 7.92. The van der Waals surface area contributed by atoms with Gasteiger partial charge in [-0.1, -0.05) is 6.07 Å². The summed E-state index contributed by atoms with van der Waals surface area (Å²) in [5, 5.41) is 0. The van der Waals surface area contributed by atoms with Crippen LogP contribution in [0.3, 0.4) is 0 Å². The van der Waals surface area contributed by atoms with Crippen LogP contribution in [0.5, 0.6) is 0 Å². The van der Waals surface area contributed by atoms with Gasteiger partial charge in [-0.25, -0.2) is 12.8 Å². The van der Waals surface area contributed by atoms with Crippen LogP contribution in [0.2, 0.25) is 0 Å². The number of nitrogens with zero attached hydrogens (tertiary/aromatic N) is 2. The van der Waals surface area contributed by atoms with Crippen LogP contribution in [0.15, 0.2) is 24.3 Å². The minimum Gasteiger partial charge on any atom is -0.343 e. The van der Waals surface area contributed by atoms with E-state index in [0.29, 0.717) is 0 Å². The highest BCUT2D eigenvalue weighted by Gasteiger charge is 2.22. The molecule has 0 radical (unpaired) electrons. The number of benzene rings is 1. The lowest BCUT2D eigenvalue weighted by molar-refractivity contribution is -0.129. The summed E-state index contributed by atoms with van der Waals surface area (Å²) in [6.45, 7) is 1.49. The molecule has 1 saturated heterocycles. The van der Waals surface area contributed by atoms with Gasteiger partial charge in [0.25, 0.3) is 0 Å². The van der Waals surface area contributed by atoms with Crippen molar-refractivity contribution in [2.24, 2.45) is 0 Å². The van der Waals surface area contributed by atoms with Gasteiger partial charge in [0.2, 0.25) is 15.9 Å². The molecule has 1 aliphatic rings. The Morgan fingerprint density at radius 2 is 2.00 bits per heavy atom. The van der Waals surface area contributed by atoms with E-state index in [-0.39, 0.29) is 24.6 Å². The number of likely N-dealkylation sites (tertiary alicyclic amines) is 1. The summed E-state index contributed by atoms with van der Waals surface area (Å²) in [6, 6.07) is 5.37. The van der Waals surface area contributed by atoms with Crippen LogP contribution in [0.4, 0.5) is 10.1 Å². The van der Waals surface area contributed by atoms with Gasteiger partial charge in [-0.3, -0.25) is 9.10 Å². The lowest BCUT2D eigenvalue weighted by atomic mass is 10.3. The molecule has 1 aliphatic heterocycles. The summed E-state index contributed by atoms with van der Waals surface area (Å²) in [5.74, 6) is -0.565. The molecule has 7 heteroatoms. The average molecular weight is 314 g/mol. The summed E-state index contributed by atoms with van der Waals surface area (Å²) in [7, 11) is -3.56. The van der Waals surface area contributed by atoms with Gasteiger partial charge in [-0.2, -0.15) is 0 Å². The van der Waals surface area contributed by atoms with Gasteiger partial charge in [0.15, 0.2) is 0 Å². The first-order valence-corrected chi connectivity index (χ1v) is 8.74. The van der Waals surface area contributed by atoms with Gasteiger partial charge in [-0.05, 0) is 31.0 Å². The van der Waals surface area contributed by atoms with Crippen molar-refractivity contribution in [1.82, 2.24) is 4.90 Å². The van der Waals surface area contributed by atoms with E-state index in [1.165, 1.54) is 18.2 Å². The molecule has 1 amide bonds. The van der Waals surface area contributed by atoms with Gasteiger partial charge in [0.1, 0.15) is 5.82 Å². The predicted octanol–water partition coefficient (Wildman–Crippen LogP) is 1.60. The van der Waals surface area contributed by atoms with Crippen molar-refractivity contribution in [2.45, 2.75) is 19.3 Å². The Hall–Kier alpha value is -1.63. The molecule has 0 unspecified atom stereocenters. The Labute approximate surface area is 124 Å². The van der Waals surface area contributed by atoms with Gasteiger partial charge < -0.3 is 4.90 Å². The number of amides is 1. The number of carbonyl (C=O) groups excluding carboxylic acids is 1. The second-order valence-corrected chi connectivity index (χ2v) is 7.06. The van der Waals surface area contributed by atoms with E-state index in [0.717, 1.165) is 42.6 Å². The molecule has 5 nitrogen and oxygen atoms in total. The highest BCUT2D eigenvalue weighted by atomic mass is 32.2. The minimum absolute atomic E-state index is 0.0254. The van der Waals surface area contributed by atoms with Crippen LogP contribution in [-0.4, -0.2) is 45.1 Å². The molecule has 1 aromatic rings. The lowest BCUT2D eigenvalue weighted by Gasteiger charge is -2.23. The molecule has 0 saturated carbocycles. The SMILES string of the molecule is CS(=O)(=O)N(CCC(=O)N1CCCC1)c1cccc(F)c1. The maximum absolute atomic E-state index is 13.3. The zero-order valence-electron chi connectivity index (χ0n) is 12.0. The van der Waals surface area contributed by atoms with E-state index >= 15 is 0 Å². The van der Waals surface area contributed by atoms with Gasteiger partial charge in [0, 0.05) is 26.1 Å². The first-order valence-electron chi connectivity index (χ1n) is 6.89. The third-order valence-electron chi connectivity index (χ3n) is 3.48. The van der Waals surface area contributed by atoms with Crippen molar-refractivity contribution in [3.8, 4) is 0 Å². The standard InChI is InChI=1S/C14H19FN2O3S/c1-21(19,20)17(13-6-4-5-12(15)11-13)10-7-14(18)16-8-2-3-9-16/h4-6,11H,2-3,7-10H2,1H3. The number of carbonyl (C=O) groups is 1. The molecule has 0 aromatic heterocycles. The van der Waals surface area contributed by atoms with Crippen LogP contribution < -0.4 is 4.31 Å². The fourth-order valence-electron chi connectivity index (χ4n) is 2.44. The Kier molecular flexibility index (Phi) is 4.82. The first-order chi connectivity index (χ1) is 9.88. The van der Waals surface area contributed by atoms with E-state index in [2.05, 4.69) is 0 Å². The maximum atomic E-state index is 13.3. The number of rotatable bonds is 5. The number of hydrogen-bond donors (Lipinski definition) is 0. The maximum Gasteiger partial charge on any atom is 0.232 e. The van der Waals surface area contributed by atoms with Gasteiger partial charge >= 0.3 is 0 Å². The second-order valence-electron chi connectivity index (χ2n) is 5.15. The number of halogens is 1. The second kappa shape index (κ2) is 6.43. The van der Waals surface area contributed by atoms with Crippen LogP contribution in [0.25, 0.3) is 0 Å². The van der Waals surface area contributed by atoms with Crippen molar-refractivity contribution in [1.29, 1.82) is 0 Å². The van der Waals surface area contributed by atoms with E-state index in [9.17, 15) is 17.6 Å². The van der Waals surface area contributed by atoms with E-state index in [1.807, 2.05) is 0 Å². The molecule has 21 heavy (non-hydrogen) atoms.